The molecule has 32 heavy (non-hydrogen) atoms. The summed E-state index contributed by atoms with van der Waals surface area (Å²) in [6, 6.07) is 8.08. The predicted molar refractivity (Wildman–Crippen MR) is 114 cm³/mol. The van der Waals surface area contributed by atoms with E-state index in [1.807, 2.05) is 4.90 Å². The first-order chi connectivity index (χ1) is 15.1. The molecule has 3 rings (SSSR count). The van der Waals surface area contributed by atoms with Gasteiger partial charge < -0.3 is 19.6 Å². The highest BCUT2D eigenvalue weighted by Crippen LogP contribution is 2.40. The molecule has 0 aromatic heterocycles. The number of non-ortho nitro benzene ring substituents is 1. The summed E-state index contributed by atoms with van der Waals surface area (Å²) in [5, 5.41) is 22.2. The van der Waals surface area contributed by atoms with Crippen molar-refractivity contribution in [3.8, 4) is 5.75 Å². The number of methoxy groups -OCH3 is 1. The molecule has 1 atom stereocenters. The average Bonchev–Trinajstić information content (AvgIpc) is 3.01. The lowest BCUT2D eigenvalue weighted by Gasteiger charge is -2.26. The van der Waals surface area contributed by atoms with Crippen LogP contribution in [-0.4, -0.2) is 65.8 Å². The second-order valence-electron chi connectivity index (χ2n) is 7.50. The van der Waals surface area contributed by atoms with Gasteiger partial charge in [0.2, 0.25) is 0 Å². The Morgan fingerprint density at radius 1 is 1.25 bits per heavy atom. The van der Waals surface area contributed by atoms with Crippen LogP contribution in [0.2, 0.25) is 0 Å². The van der Waals surface area contributed by atoms with Gasteiger partial charge in [0, 0.05) is 30.8 Å². The van der Waals surface area contributed by atoms with Crippen molar-refractivity contribution in [2.24, 2.45) is 0 Å². The smallest absolute Gasteiger partial charge is 0.295 e. The number of carbonyl (C=O) groups excluding carboxylic acids is 2. The van der Waals surface area contributed by atoms with Gasteiger partial charge in [0.25, 0.3) is 17.4 Å². The maximum atomic E-state index is 14.2. The van der Waals surface area contributed by atoms with Crippen LogP contribution in [0.25, 0.3) is 5.76 Å². The number of nitrogens with zero attached hydrogens (tertiary/aromatic N) is 3. The first-order valence-electron chi connectivity index (χ1n) is 9.67. The molecule has 2 aromatic carbocycles. The summed E-state index contributed by atoms with van der Waals surface area (Å²) in [6.07, 6.45) is 0. The summed E-state index contributed by atoms with van der Waals surface area (Å²) < 4.78 is 19.1. The predicted octanol–water partition coefficient (Wildman–Crippen LogP) is 2.73. The van der Waals surface area contributed by atoms with E-state index in [0.717, 1.165) is 6.07 Å². The molecule has 0 radical (unpaired) electrons. The minimum Gasteiger partial charge on any atom is -0.507 e. The van der Waals surface area contributed by atoms with Crippen molar-refractivity contribution in [1.29, 1.82) is 0 Å². The summed E-state index contributed by atoms with van der Waals surface area (Å²) in [7, 11) is 4.87. The number of likely N-dealkylation sites (N-methyl/N-ethyl adjacent to an activating group) is 1. The van der Waals surface area contributed by atoms with Gasteiger partial charge in [0.1, 0.15) is 5.76 Å². The molecule has 0 unspecified atom stereocenters. The number of halogens is 1. The SMILES string of the molecule is COc1ccc(C(O)=C2C(=O)C(=O)N(CCN(C)C)[C@@H]2c2cccc([N+](=O)[O-])c2)cc1F. The number of amides is 1. The van der Waals surface area contributed by atoms with Crippen molar-refractivity contribution in [3.05, 3.63) is 75.1 Å². The van der Waals surface area contributed by atoms with Gasteiger partial charge in [-0.3, -0.25) is 19.7 Å². The monoisotopic (exact) mass is 443 g/mol. The molecule has 1 aliphatic rings. The minimum absolute atomic E-state index is 0.0238. The Bertz CT molecular complexity index is 1110. The normalized spacial score (nSPS) is 17.8. The fourth-order valence-corrected chi connectivity index (χ4v) is 3.54. The van der Waals surface area contributed by atoms with Crippen molar-refractivity contribution < 1.29 is 28.7 Å². The van der Waals surface area contributed by atoms with Crippen LogP contribution in [0, 0.1) is 15.9 Å². The molecule has 1 amide bonds. The molecule has 1 saturated heterocycles. The van der Waals surface area contributed by atoms with E-state index in [1.165, 1.54) is 48.4 Å². The van der Waals surface area contributed by atoms with Crippen molar-refractivity contribution >= 4 is 23.1 Å². The molecular formula is C22H22FN3O6. The van der Waals surface area contributed by atoms with E-state index in [2.05, 4.69) is 0 Å². The second-order valence-corrected chi connectivity index (χ2v) is 7.50. The maximum absolute atomic E-state index is 14.2. The maximum Gasteiger partial charge on any atom is 0.295 e. The third-order valence-corrected chi connectivity index (χ3v) is 5.15. The zero-order chi connectivity index (χ0) is 23.6. The fourth-order valence-electron chi connectivity index (χ4n) is 3.54. The van der Waals surface area contributed by atoms with Crippen molar-refractivity contribution in [2.45, 2.75) is 6.04 Å². The van der Waals surface area contributed by atoms with Crippen LogP contribution >= 0.6 is 0 Å². The number of aliphatic hydroxyl groups excluding tert-OH is 1. The van der Waals surface area contributed by atoms with E-state index in [1.54, 1.807) is 14.1 Å². The molecule has 1 heterocycles. The Hall–Kier alpha value is -3.79. The van der Waals surface area contributed by atoms with E-state index >= 15 is 0 Å². The highest BCUT2D eigenvalue weighted by Gasteiger charge is 2.46. The molecule has 2 aromatic rings. The summed E-state index contributed by atoms with van der Waals surface area (Å²) in [6.45, 7) is 0.550. The summed E-state index contributed by atoms with van der Waals surface area (Å²) in [5.41, 5.74) is -0.230. The number of rotatable bonds is 7. The van der Waals surface area contributed by atoms with Crippen molar-refractivity contribution in [1.82, 2.24) is 9.80 Å². The van der Waals surface area contributed by atoms with Gasteiger partial charge in [-0.15, -0.1) is 0 Å². The number of hydrogen-bond acceptors (Lipinski definition) is 7. The summed E-state index contributed by atoms with van der Waals surface area (Å²) in [4.78, 5) is 39.5. The number of ketones is 1. The van der Waals surface area contributed by atoms with Crippen LogP contribution in [0.1, 0.15) is 17.2 Å². The number of Topliss-reactive ketones (excluding diaryl/α,β-unsaturated/α-hetero) is 1. The average molecular weight is 443 g/mol. The van der Waals surface area contributed by atoms with Gasteiger partial charge in [-0.25, -0.2) is 4.39 Å². The van der Waals surface area contributed by atoms with E-state index in [0.29, 0.717) is 6.54 Å². The molecule has 1 N–H and O–H groups in total. The van der Waals surface area contributed by atoms with Crippen LogP contribution in [0.5, 0.6) is 5.75 Å². The van der Waals surface area contributed by atoms with Gasteiger partial charge in [0.15, 0.2) is 11.6 Å². The molecule has 9 nitrogen and oxygen atoms in total. The Morgan fingerprint density at radius 2 is 1.97 bits per heavy atom. The van der Waals surface area contributed by atoms with Crippen LogP contribution in [-0.2, 0) is 9.59 Å². The van der Waals surface area contributed by atoms with Crippen LogP contribution < -0.4 is 4.74 Å². The zero-order valence-electron chi connectivity index (χ0n) is 17.7. The Morgan fingerprint density at radius 3 is 2.56 bits per heavy atom. The minimum atomic E-state index is -1.07. The summed E-state index contributed by atoms with van der Waals surface area (Å²) in [5.74, 6) is -3.19. The van der Waals surface area contributed by atoms with E-state index in [4.69, 9.17) is 4.74 Å². The van der Waals surface area contributed by atoms with E-state index < -0.39 is 34.2 Å². The molecule has 168 valence electrons. The molecule has 10 heteroatoms. The fraction of sp³-hybridized carbons (Fsp3) is 0.273. The first kappa shape index (κ1) is 22.9. The lowest BCUT2D eigenvalue weighted by molar-refractivity contribution is -0.384. The number of likely N-dealkylation sites (tertiary alicyclic amines) is 1. The number of nitro groups is 1. The van der Waals surface area contributed by atoms with E-state index in [-0.39, 0.29) is 34.7 Å². The Labute approximate surface area is 183 Å². The van der Waals surface area contributed by atoms with Crippen LogP contribution in [0.15, 0.2) is 48.0 Å². The highest BCUT2D eigenvalue weighted by molar-refractivity contribution is 6.46. The molecule has 1 aliphatic heterocycles. The topological polar surface area (TPSA) is 113 Å². The molecular weight excluding hydrogens is 421 g/mol. The van der Waals surface area contributed by atoms with Crippen LogP contribution in [0.3, 0.4) is 0 Å². The van der Waals surface area contributed by atoms with Crippen molar-refractivity contribution in [2.75, 3.05) is 34.3 Å². The molecule has 0 bridgehead atoms. The number of aliphatic hydroxyl groups is 1. The number of nitro benzene ring substituents is 1. The van der Waals surface area contributed by atoms with Gasteiger partial charge >= 0.3 is 0 Å². The zero-order valence-corrected chi connectivity index (χ0v) is 17.7. The standard InChI is InChI=1S/C22H22FN3O6/c1-24(2)9-10-25-19(13-5-4-6-15(11-13)26(30)31)18(21(28)22(25)29)20(27)14-7-8-17(32-3)16(23)12-14/h4-8,11-12,19,27H,9-10H2,1-3H3/t19-/m1/s1. The molecule has 1 fully saturated rings. The highest BCUT2D eigenvalue weighted by atomic mass is 19.1. The molecule has 0 spiro atoms. The van der Waals surface area contributed by atoms with Gasteiger partial charge in [-0.1, -0.05) is 12.1 Å². The lowest BCUT2D eigenvalue weighted by atomic mass is 9.95. The number of hydrogen-bond donors (Lipinski definition) is 1. The number of benzene rings is 2. The Balaban J connectivity index is 2.19. The third-order valence-electron chi connectivity index (χ3n) is 5.15. The lowest BCUT2D eigenvalue weighted by Crippen LogP contribution is -2.35. The van der Waals surface area contributed by atoms with Crippen LogP contribution in [0.4, 0.5) is 10.1 Å². The number of carbonyl (C=O) groups is 2. The van der Waals surface area contributed by atoms with Gasteiger partial charge in [-0.2, -0.15) is 0 Å². The Kier molecular flexibility index (Phi) is 6.54. The molecule has 0 aliphatic carbocycles. The second kappa shape index (κ2) is 9.15. The van der Waals surface area contributed by atoms with Gasteiger partial charge in [-0.05, 0) is 37.9 Å². The largest absolute Gasteiger partial charge is 0.507 e. The summed E-state index contributed by atoms with van der Waals surface area (Å²) >= 11 is 0. The molecule has 0 saturated carbocycles. The van der Waals surface area contributed by atoms with E-state index in [9.17, 15) is 29.2 Å². The quantitative estimate of drug-likeness (QED) is 0.230. The van der Waals surface area contributed by atoms with Crippen molar-refractivity contribution in [3.63, 3.8) is 0 Å². The van der Waals surface area contributed by atoms with Gasteiger partial charge in [0.05, 0.1) is 23.6 Å². The number of ether oxygens (including phenoxy) is 1. The third kappa shape index (κ3) is 4.30. The first-order valence-corrected chi connectivity index (χ1v) is 9.67.